The van der Waals surface area contributed by atoms with Crippen LogP contribution in [0.25, 0.3) is 0 Å². The molecule has 0 spiro atoms. The van der Waals surface area contributed by atoms with E-state index in [9.17, 15) is 4.79 Å². The van der Waals surface area contributed by atoms with Crippen molar-refractivity contribution in [2.75, 3.05) is 7.11 Å². The Morgan fingerprint density at radius 2 is 1.76 bits per heavy atom. The lowest BCUT2D eigenvalue weighted by molar-refractivity contribution is 0.0141. The van der Waals surface area contributed by atoms with Crippen LogP contribution in [0.1, 0.15) is 37.0 Å². The fraction of sp³-hybridized carbons (Fsp3) is 0.462. The molecule has 0 fully saturated rings. The van der Waals surface area contributed by atoms with E-state index in [-0.39, 0.29) is 11.4 Å². The van der Waals surface area contributed by atoms with Crippen molar-refractivity contribution in [1.29, 1.82) is 0 Å². The van der Waals surface area contributed by atoms with Gasteiger partial charge in [-0.05, 0) is 38.5 Å². The number of hydrogen-bond acceptors (Lipinski definition) is 2. The molecule has 0 radical (unpaired) electrons. The summed E-state index contributed by atoms with van der Waals surface area (Å²) in [6.45, 7) is 3.97. The highest BCUT2D eigenvalue weighted by Crippen LogP contribution is 2.23. The fourth-order valence-electron chi connectivity index (χ4n) is 1.38. The minimum absolute atomic E-state index is 0.136. The molecule has 1 rings (SSSR count). The van der Waals surface area contributed by atoms with Crippen molar-refractivity contribution in [2.24, 2.45) is 0 Å². The van der Waals surface area contributed by atoms with Crippen LogP contribution < -0.4 is 0 Å². The van der Waals surface area contributed by atoms with Crippen LogP contribution in [0.3, 0.4) is 0 Å². The molecule has 1 aromatic carbocycles. The zero-order chi connectivity index (χ0) is 13.1. The molecule has 0 amide bonds. The van der Waals surface area contributed by atoms with Gasteiger partial charge in [-0.3, -0.25) is 4.79 Å². The summed E-state index contributed by atoms with van der Waals surface area (Å²) in [5.74, 6) is 0.136. The number of carbonyl (C=O) groups is 1. The molecule has 0 N–H and O–H groups in total. The molecule has 0 aliphatic rings. The fourth-order valence-corrected chi connectivity index (χ4v) is 2.67. The first kappa shape index (κ1) is 14.9. The number of halogens is 2. The highest BCUT2D eigenvalue weighted by Gasteiger charge is 2.18. The second kappa shape index (κ2) is 6.12. The maximum atomic E-state index is 12.0. The first-order valence-electron chi connectivity index (χ1n) is 5.38. The summed E-state index contributed by atoms with van der Waals surface area (Å²) in [6, 6.07) is 5.59. The van der Waals surface area contributed by atoms with Gasteiger partial charge in [0.15, 0.2) is 5.78 Å². The second-order valence-electron chi connectivity index (χ2n) is 4.55. The summed E-state index contributed by atoms with van der Waals surface area (Å²) in [5.41, 5.74) is 0.469. The maximum absolute atomic E-state index is 12.0. The third-order valence-electron chi connectivity index (χ3n) is 2.69. The first-order valence-corrected chi connectivity index (χ1v) is 6.97. The summed E-state index contributed by atoms with van der Waals surface area (Å²) in [5, 5.41) is 0. The molecular weight excluding hydrogens is 348 g/mol. The Morgan fingerprint density at radius 1 is 1.24 bits per heavy atom. The van der Waals surface area contributed by atoms with Gasteiger partial charge in [-0.15, -0.1) is 0 Å². The van der Waals surface area contributed by atoms with Crippen LogP contribution in [0.5, 0.6) is 0 Å². The van der Waals surface area contributed by atoms with Gasteiger partial charge in [0.05, 0.1) is 5.60 Å². The number of rotatable bonds is 5. The van der Waals surface area contributed by atoms with Gasteiger partial charge in [0.2, 0.25) is 0 Å². The molecule has 17 heavy (non-hydrogen) atoms. The van der Waals surface area contributed by atoms with Crippen LogP contribution in [0.15, 0.2) is 27.1 Å². The van der Waals surface area contributed by atoms with E-state index < -0.39 is 0 Å². The quantitative estimate of drug-likeness (QED) is 0.714. The Labute approximate surface area is 119 Å². The normalized spacial score (nSPS) is 11.6. The van der Waals surface area contributed by atoms with Gasteiger partial charge in [0.1, 0.15) is 0 Å². The molecule has 0 aliphatic carbocycles. The zero-order valence-corrected chi connectivity index (χ0v) is 13.4. The van der Waals surface area contributed by atoms with Gasteiger partial charge in [0.25, 0.3) is 0 Å². The van der Waals surface area contributed by atoms with Crippen molar-refractivity contribution in [3.8, 4) is 0 Å². The molecule has 0 aromatic heterocycles. The highest BCUT2D eigenvalue weighted by atomic mass is 79.9. The van der Waals surface area contributed by atoms with Gasteiger partial charge in [-0.1, -0.05) is 31.9 Å². The van der Waals surface area contributed by atoms with Gasteiger partial charge in [0, 0.05) is 28.0 Å². The van der Waals surface area contributed by atoms with E-state index >= 15 is 0 Å². The van der Waals surface area contributed by atoms with Gasteiger partial charge < -0.3 is 4.74 Å². The number of benzene rings is 1. The van der Waals surface area contributed by atoms with E-state index in [0.29, 0.717) is 12.8 Å². The SMILES string of the molecule is COC(C)(C)CCC(=O)c1cc(Br)cc(Br)c1. The van der Waals surface area contributed by atoms with Crippen molar-refractivity contribution >= 4 is 37.6 Å². The molecule has 0 saturated heterocycles. The molecule has 2 nitrogen and oxygen atoms in total. The monoisotopic (exact) mass is 362 g/mol. The lowest BCUT2D eigenvalue weighted by Gasteiger charge is -2.22. The van der Waals surface area contributed by atoms with Crippen LogP contribution in [0, 0.1) is 0 Å². The minimum atomic E-state index is -0.251. The Bertz CT molecular complexity index is 394. The van der Waals surface area contributed by atoms with E-state index in [4.69, 9.17) is 4.74 Å². The number of carbonyl (C=O) groups excluding carboxylic acids is 1. The number of ether oxygens (including phenoxy) is 1. The molecule has 4 heteroatoms. The molecule has 0 heterocycles. The summed E-state index contributed by atoms with van der Waals surface area (Å²) in [4.78, 5) is 12.0. The summed E-state index contributed by atoms with van der Waals surface area (Å²) < 4.78 is 7.11. The Hall–Kier alpha value is -0.190. The third-order valence-corrected chi connectivity index (χ3v) is 3.61. The standard InChI is InChI=1S/C13H16Br2O2/c1-13(2,17-3)5-4-12(16)9-6-10(14)8-11(15)7-9/h6-8H,4-5H2,1-3H3. The zero-order valence-electron chi connectivity index (χ0n) is 10.2. The van der Waals surface area contributed by atoms with E-state index in [2.05, 4.69) is 31.9 Å². The first-order chi connectivity index (χ1) is 7.84. The molecule has 0 aliphatic heterocycles. The molecule has 0 bridgehead atoms. The lowest BCUT2D eigenvalue weighted by atomic mass is 9.98. The topological polar surface area (TPSA) is 26.3 Å². The van der Waals surface area contributed by atoms with Crippen LogP contribution in [-0.2, 0) is 4.74 Å². The highest BCUT2D eigenvalue weighted by molar-refractivity contribution is 9.11. The van der Waals surface area contributed by atoms with E-state index in [1.165, 1.54) is 0 Å². The van der Waals surface area contributed by atoms with E-state index in [1.807, 2.05) is 32.0 Å². The third kappa shape index (κ3) is 4.90. The number of methoxy groups -OCH3 is 1. The predicted octanol–water partition coefficient (Wildman–Crippen LogP) is 4.60. The summed E-state index contributed by atoms with van der Waals surface area (Å²) in [7, 11) is 1.67. The lowest BCUT2D eigenvalue weighted by Crippen LogP contribution is -2.23. The molecule has 1 aromatic rings. The average Bonchev–Trinajstić information content (AvgIpc) is 2.24. The molecule has 0 unspecified atom stereocenters. The van der Waals surface area contributed by atoms with Crippen molar-refractivity contribution in [2.45, 2.75) is 32.3 Å². The minimum Gasteiger partial charge on any atom is -0.379 e. The largest absolute Gasteiger partial charge is 0.379 e. The van der Waals surface area contributed by atoms with Crippen LogP contribution in [-0.4, -0.2) is 18.5 Å². The van der Waals surface area contributed by atoms with Gasteiger partial charge >= 0.3 is 0 Å². The van der Waals surface area contributed by atoms with Crippen LogP contribution >= 0.6 is 31.9 Å². The smallest absolute Gasteiger partial charge is 0.163 e. The summed E-state index contributed by atoms with van der Waals surface area (Å²) in [6.07, 6.45) is 1.20. The van der Waals surface area contributed by atoms with Crippen LogP contribution in [0.2, 0.25) is 0 Å². The molecule has 0 saturated carbocycles. The van der Waals surface area contributed by atoms with Crippen molar-refractivity contribution in [3.63, 3.8) is 0 Å². The van der Waals surface area contributed by atoms with Crippen molar-refractivity contribution in [3.05, 3.63) is 32.7 Å². The van der Waals surface area contributed by atoms with Gasteiger partial charge in [-0.25, -0.2) is 0 Å². The van der Waals surface area contributed by atoms with E-state index in [0.717, 1.165) is 14.5 Å². The molecule has 94 valence electrons. The van der Waals surface area contributed by atoms with Crippen LogP contribution in [0.4, 0.5) is 0 Å². The Balaban J connectivity index is 2.70. The number of hydrogen-bond donors (Lipinski definition) is 0. The average molecular weight is 364 g/mol. The Morgan fingerprint density at radius 3 is 2.24 bits per heavy atom. The van der Waals surface area contributed by atoms with Crippen molar-refractivity contribution < 1.29 is 9.53 Å². The number of ketones is 1. The van der Waals surface area contributed by atoms with Gasteiger partial charge in [-0.2, -0.15) is 0 Å². The molecule has 0 atom stereocenters. The number of Topliss-reactive ketones (excluding diaryl/α,β-unsaturated/α-hetero) is 1. The maximum Gasteiger partial charge on any atom is 0.163 e. The van der Waals surface area contributed by atoms with E-state index in [1.54, 1.807) is 7.11 Å². The predicted molar refractivity (Wildman–Crippen MR) is 76.5 cm³/mol. The second-order valence-corrected chi connectivity index (χ2v) is 6.38. The molecular formula is C13H16Br2O2. The Kier molecular flexibility index (Phi) is 5.35. The van der Waals surface area contributed by atoms with Crippen molar-refractivity contribution in [1.82, 2.24) is 0 Å². The summed E-state index contributed by atoms with van der Waals surface area (Å²) >= 11 is 6.76.